The standard InChI is InChI=1S/C29H32N4O3S/c34-26(13-20-37-24-10-2-1-3-11-24)33-29(14-16-30-17-15-29)28(36)32-19-18-31-27(35)21-23-9-6-8-22-7-4-5-12-25(22)23/h1-13,20,30H,14-19,21H2,(H,31,35)(H,32,36)(H,33,34)/b20-13+. The van der Waals surface area contributed by atoms with Crippen LogP contribution >= 0.6 is 11.8 Å². The van der Waals surface area contributed by atoms with Crippen molar-refractivity contribution in [1.82, 2.24) is 21.3 Å². The van der Waals surface area contributed by atoms with E-state index in [0.717, 1.165) is 21.2 Å². The fraction of sp³-hybridized carbons (Fsp3) is 0.276. The molecule has 0 radical (unpaired) electrons. The summed E-state index contributed by atoms with van der Waals surface area (Å²) in [6.07, 6.45) is 2.73. The first-order chi connectivity index (χ1) is 18.1. The van der Waals surface area contributed by atoms with E-state index in [1.165, 1.54) is 17.8 Å². The van der Waals surface area contributed by atoms with Gasteiger partial charge in [0, 0.05) is 24.1 Å². The first kappa shape index (κ1) is 26.4. The summed E-state index contributed by atoms with van der Waals surface area (Å²) >= 11 is 1.44. The van der Waals surface area contributed by atoms with Crippen molar-refractivity contribution in [3.63, 3.8) is 0 Å². The molecular formula is C29H32N4O3S. The Balaban J connectivity index is 1.26. The van der Waals surface area contributed by atoms with Gasteiger partial charge in [-0.2, -0.15) is 0 Å². The third-order valence-electron chi connectivity index (χ3n) is 6.38. The highest BCUT2D eigenvalue weighted by atomic mass is 32.2. The largest absolute Gasteiger partial charge is 0.354 e. The number of benzene rings is 3. The summed E-state index contributed by atoms with van der Waals surface area (Å²) in [6, 6.07) is 23.7. The Morgan fingerprint density at radius 3 is 2.38 bits per heavy atom. The van der Waals surface area contributed by atoms with Crippen molar-refractivity contribution in [3.8, 4) is 0 Å². The van der Waals surface area contributed by atoms with Gasteiger partial charge in [-0.3, -0.25) is 14.4 Å². The topological polar surface area (TPSA) is 99.3 Å². The Bertz CT molecular complexity index is 1250. The number of carbonyl (C=O) groups is 3. The van der Waals surface area contributed by atoms with Crippen LogP contribution in [0.2, 0.25) is 0 Å². The van der Waals surface area contributed by atoms with Gasteiger partial charge in [-0.1, -0.05) is 72.4 Å². The number of piperidine rings is 1. The van der Waals surface area contributed by atoms with E-state index in [4.69, 9.17) is 0 Å². The molecule has 0 unspecified atom stereocenters. The molecule has 4 N–H and O–H groups in total. The van der Waals surface area contributed by atoms with Crippen molar-refractivity contribution in [2.24, 2.45) is 0 Å². The summed E-state index contributed by atoms with van der Waals surface area (Å²) in [5.74, 6) is -0.629. The lowest BCUT2D eigenvalue weighted by atomic mass is 9.87. The van der Waals surface area contributed by atoms with Crippen molar-refractivity contribution in [2.75, 3.05) is 26.2 Å². The van der Waals surface area contributed by atoms with Gasteiger partial charge in [0.15, 0.2) is 0 Å². The molecule has 1 aliphatic rings. The van der Waals surface area contributed by atoms with Crippen LogP contribution in [-0.2, 0) is 20.8 Å². The Hall–Kier alpha value is -3.62. The predicted molar refractivity (Wildman–Crippen MR) is 148 cm³/mol. The minimum absolute atomic E-state index is 0.100. The average Bonchev–Trinajstić information content (AvgIpc) is 2.92. The zero-order valence-electron chi connectivity index (χ0n) is 20.7. The van der Waals surface area contributed by atoms with Crippen molar-refractivity contribution < 1.29 is 14.4 Å². The van der Waals surface area contributed by atoms with Crippen LogP contribution in [0.25, 0.3) is 10.8 Å². The zero-order valence-corrected chi connectivity index (χ0v) is 21.5. The SMILES string of the molecule is O=C(/C=C/Sc1ccccc1)NC1(C(=O)NCCNC(=O)Cc2cccc3ccccc23)CCNCC1. The first-order valence-corrected chi connectivity index (χ1v) is 13.4. The number of thioether (sulfide) groups is 1. The van der Waals surface area contributed by atoms with Gasteiger partial charge in [-0.05, 0) is 59.8 Å². The molecule has 0 aromatic heterocycles. The number of fused-ring (bicyclic) bond motifs is 1. The van der Waals surface area contributed by atoms with E-state index < -0.39 is 5.54 Å². The van der Waals surface area contributed by atoms with Crippen LogP contribution < -0.4 is 21.3 Å². The maximum Gasteiger partial charge on any atom is 0.245 e. The Morgan fingerprint density at radius 1 is 0.865 bits per heavy atom. The maximum atomic E-state index is 13.1. The number of carbonyl (C=O) groups excluding carboxylic acids is 3. The second-order valence-electron chi connectivity index (χ2n) is 8.98. The summed E-state index contributed by atoms with van der Waals surface area (Å²) < 4.78 is 0. The van der Waals surface area contributed by atoms with Crippen molar-refractivity contribution >= 4 is 40.3 Å². The van der Waals surface area contributed by atoms with E-state index in [9.17, 15) is 14.4 Å². The molecule has 8 heteroatoms. The van der Waals surface area contributed by atoms with E-state index in [-0.39, 0.29) is 30.7 Å². The smallest absolute Gasteiger partial charge is 0.245 e. The molecule has 3 aromatic carbocycles. The molecule has 0 bridgehead atoms. The molecule has 4 rings (SSSR count). The highest BCUT2D eigenvalue weighted by molar-refractivity contribution is 8.02. The van der Waals surface area contributed by atoms with Gasteiger partial charge >= 0.3 is 0 Å². The summed E-state index contributed by atoms with van der Waals surface area (Å²) in [7, 11) is 0. The van der Waals surface area contributed by atoms with Gasteiger partial charge in [0.25, 0.3) is 0 Å². The fourth-order valence-electron chi connectivity index (χ4n) is 4.44. The minimum Gasteiger partial charge on any atom is -0.354 e. The molecule has 37 heavy (non-hydrogen) atoms. The monoisotopic (exact) mass is 516 g/mol. The van der Waals surface area contributed by atoms with Crippen LogP contribution in [0, 0.1) is 0 Å². The highest BCUT2D eigenvalue weighted by Crippen LogP contribution is 2.21. The number of rotatable bonds is 10. The third kappa shape index (κ3) is 7.44. The Kier molecular flexibility index (Phi) is 9.35. The zero-order chi connectivity index (χ0) is 25.9. The van der Waals surface area contributed by atoms with Crippen LogP contribution in [-0.4, -0.2) is 49.4 Å². The molecule has 192 valence electrons. The quantitative estimate of drug-likeness (QED) is 0.189. The second-order valence-corrected chi connectivity index (χ2v) is 9.96. The van der Waals surface area contributed by atoms with Crippen LogP contribution in [0.5, 0.6) is 0 Å². The normalized spacial score (nSPS) is 14.8. The molecule has 7 nitrogen and oxygen atoms in total. The molecule has 0 spiro atoms. The predicted octanol–water partition coefficient (Wildman–Crippen LogP) is 3.16. The lowest BCUT2D eigenvalue weighted by Gasteiger charge is -2.36. The molecule has 1 saturated heterocycles. The first-order valence-electron chi connectivity index (χ1n) is 12.5. The number of hydrogen-bond acceptors (Lipinski definition) is 5. The van der Waals surface area contributed by atoms with Gasteiger partial charge in [0.1, 0.15) is 5.54 Å². The summed E-state index contributed by atoms with van der Waals surface area (Å²) in [4.78, 5) is 39.3. The van der Waals surface area contributed by atoms with Crippen LogP contribution in [0.4, 0.5) is 0 Å². The van der Waals surface area contributed by atoms with Gasteiger partial charge in [-0.25, -0.2) is 0 Å². The molecule has 0 saturated carbocycles. The molecule has 0 atom stereocenters. The van der Waals surface area contributed by atoms with Crippen LogP contribution in [0.3, 0.4) is 0 Å². The van der Waals surface area contributed by atoms with Crippen molar-refractivity contribution in [1.29, 1.82) is 0 Å². The van der Waals surface area contributed by atoms with Gasteiger partial charge in [0.2, 0.25) is 17.7 Å². The summed E-state index contributed by atoms with van der Waals surface area (Å²) in [5, 5.41) is 15.9. The van der Waals surface area contributed by atoms with Gasteiger partial charge in [0.05, 0.1) is 6.42 Å². The lowest BCUT2D eigenvalue weighted by Crippen LogP contribution is -2.63. The van der Waals surface area contributed by atoms with Crippen LogP contribution in [0.15, 0.2) is 89.2 Å². The number of amides is 3. The average molecular weight is 517 g/mol. The molecule has 1 aliphatic heterocycles. The van der Waals surface area contributed by atoms with Crippen molar-refractivity contribution in [2.45, 2.75) is 29.7 Å². The van der Waals surface area contributed by atoms with Gasteiger partial charge < -0.3 is 21.3 Å². The van der Waals surface area contributed by atoms with Gasteiger partial charge in [-0.15, -0.1) is 0 Å². The Morgan fingerprint density at radius 2 is 1.57 bits per heavy atom. The molecule has 3 amide bonds. The highest BCUT2D eigenvalue weighted by Gasteiger charge is 2.40. The van der Waals surface area contributed by atoms with Crippen molar-refractivity contribution in [3.05, 3.63) is 89.8 Å². The van der Waals surface area contributed by atoms with E-state index >= 15 is 0 Å². The molecular weight excluding hydrogens is 484 g/mol. The molecule has 3 aromatic rings. The summed E-state index contributed by atoms with van der Waals surface area (Å²) in [6.45, 7) is 1.87. The Labute approximate surface area is 221 Å². The third-order valence-corrected chi connectivity index (χ3v) is 7.20. The molecule has 0 aliphatic carbocycles. The molecule has 1 fully saturated rings. The van der Waals surface area contributed by atoms with E-state index in [1.54, 1.807) is 5.41 Å². The van der Waals surface area contributed by atoms with E-state index in [0.29, 0.717) is 32.5 Å². The summed E-state index contributed by atoms with van der Waals surface area (Å²) in [5.41, 5.74) is -0.00803. The van der Waals surface area contributed by atoms with E-state index in [1.807, 2.05) is 72.8 Å². The lowest BCUT2D eigenvalue weighted by molar-refractivity contribution is -0.133. The maximum absolute atomic E-state index is 13.1. The fourth-order valence-corrected chi connectivity index (χ4v) is 5.11. The number of hydrogen-bond donors (Lipinski definition) is 4. The number of nitrogens with one attached hydrogen (secondary N) is 4. The van der Waals surface area contributed by atoms with Crippen LogP contribution in [0.1, 0.15) is 18.4 Å². The van der Waals surface area contributed by atoms with E-state index in [2.05, 4.69) is 21.3 Å². The minimum atomic E-state index is -0.975. The second kappa shape index (κ2) is 13.1. The molecule has 1 heterocycles.